The number of H-pyrrole nitrogens is 1. The molecule has 0 aromatic carbocycles. The van der Waals surface area contributed by atoms with Gasteiger partial charge in [0.25, 0.3) is 0 Å². The number of rotatable bonds is 6. The molecule has 5 fully saturated rings. The molecule has 3 aromatic rings. The van der Waals surface area contributed by atoms with Crippen LogP contribution in [0.1, 0.15) is 64.2 Å². The lowest BCUT2D eigenvalue weighted by molar-refractivity contribution is 0.0783. The quantitative estimate of drug-likeness (QED) is 0.444. The number of hydrogen-bond acceptors (Lipinski definition) is 7. The number of methoxy groups -OCH3 is 1. The van der Waals surface area contributed by atoms with E-state index in [0.717, 1.165) is 93.9 Å². The van der Waals surface area contributed by atoms with Crippen molar-refractivity contribution >= 4 is 28.4 Å². The zero-order chi connectivity index (χ0) is 27.8. The molecule has 6 heterocycles. The molecule has 5 aliphatic rings. The number of fused-ring (bicyclic) bond motifs is 1. The molecule has 41 heavy (non-hydrogen) atoms. The fourth-order valence-corrected chi connectivity index (χ4v) is 6.38. The van der Waals surface area contributed by atoms with Gasteiger partial charge >= 0.3 is 6.03 Å². The van der Waals surface area contributed by atoms with Crippen molar-refractivity contribution in [2.75, 3.05) is 50.2 Å². The Morgan fingerprint density at radius 2 is 1.98 bits per heavy atom. The molecule has 1 spiro atoms. The lowest BCUT2D eigenvalue weighted by Gasteiger charge is -2.38. The van der Waals surface area contributed by atoms with Gasteiger partial charge in [0.05, 0.1) is 41.2 Å². The number of aromatic amines is 1. The zero-order valence-electron chi connectivity index (χ0n) is 24.1. The van der Waals surface area contributed by atoms with E-state index < -0.39 is 0 Å². The van der Waals surface area contributed by atoms with Crippen molar-refractivity contribution in [1.29, 1.82) is 0 Å². The largest absolute Gasteiger partial charge is 0.381 e. The molecule has 2 aliphatic carbocycles. The van der Waals surface area contributed by atoms with Crippen LogP contribution in [-0.2, 0) is 16.0 Å². The highest BCUT2D eigenvalue weighted by molar-refractivity contribution is 5.96. The van der Waals surface area contributed by atoms with E-state index in [-0.39, 0.29) is 17.7 Å². The second kappa shape index (κ2) is 11.2. The number of piperidine rings is 1. The van der Waals surface area contributed by atoms with Crippen LogP contribution in [0.5, 0.6) is 0 Å². The fourth-order valence-electron chi connectivity index (χ4n) is 6.38. The normalized spacial score (nSPS) is 23.2. The van der Waals surface area contributed by atoms with Crippen molar-refractivity contribution in [3.05, 3.63) is 18.5 Å². The predicted octanol–water partition coefficient (Wildman–Crippen LogP) is 4.80. The third kappa shape index (κ3) is 5.30. The number of carbonyl (C=O) groups excluding carboxylic acids is 1. The molecule has 220 valence electrons. The molecule has 3 saturated heterocycles. The molecule has 0 radical (unpaired) electrons. The molecule has 0 bridgehead atoms. The first-order valence-corrected chi connectivity index (χ1v) is 15.5. The first-order chi connectivity index (χ1) is 20.1. The van der Waals surface area contributed by atoms with Gasteiger partial charge in [0, 0.05) is 57.5 Å². The SMILES string of the molecule is C1CCC1.COC1CN(c2nn(CC3CCOC3)c3cc(-c4[nH]ncc4NC(=O)N4CCCCC45CC5)ncc23)C1. The Bertz CT molecular complexity index is 1360. The van der Waals surface area contributed by atoms with Crippen LogP contribution < -0.4 is 10.2 Å². The van der Waals surface area contributed by atoms with Gasteiger partial charge in [0.2, 0.25) is 0 Å². The molecule has 1 unspecified atom stereocenters. The summed E-state index contributed by atoms with van der Waals surface area (Å²) in [6, 6.07) is 2.02. The van der Waals surface area contributed by atoms with Crippen LogP contribution >= 0.6 is 0 Å². The average molecular weight is 563 g/mol. The Hall–Kier alpha value is -3.18. The van der Waals surface area contributed by atoms with Crippen LogP contribution in [0.3, 0.4) is 0 Å². The van der Waals surface area contributed by atoms with E-state index in [2.05, 4.69) is 31.2 Å². The van der Waals surface area contributed by atoms with Gasteiger partial charge in [0.15, 0.2) is 5.82 Å². The number of nitrogens with one attached hydrogen (secondary N) is 2. The molecule has 1 atom stereocenters. The molecule has 3 aliphatic heterocycles. The molecule has 8 rings (SSSR count). The lowest BCUT2D eigenvalue weighted by Crippen LogP contribution is -2.52. The summed E-state index contributed by atoms with van der Waals surface area (Å²) in [5.41, 5.74) is 3.19. The summed E-state index contributed by atoms with van der Waals surface area (Å²) in [7, 11) is 1.75. The summed E-state index contributed by atoms with van der Waals surface area (Å²) in [5, 5.41) is 16.5. The van der Waals surface area contributed by atoms with Crippen LogP contribution in [0.15, 0.2) is 18.5 Å². The van der Waals surface area contributed by atoms with Crippen molar-refractivity contribution in [1.82, 2.24) is 29.9 Å². The number of carbonyl (C=O) groups is 1. The number of aromatic nitrogens is 5. The summed E-state index contributed by atoms with van der Waals surface area (Å²) < 4.78 is 13.2. The Morgan fingerprint density at radius 3 is 2.68 bits per heavy atom. The Morgan fingerprint density at radius 1 is 1.15 bits per heavy atom. The summed E-state index contributed by atoms with van der Waals surface area (Å²) in [6.45, 7) is 4.83. The van der Waals surface area contributed by atoms with Gasteiger partial charge in [-0.25, -0.2) is 4.79 Å². The van der Waals surface area contributed by atoms with Gasteiger partial charge in [-0.3, -0.25) is 14.8 Å². The molecule has 3 aromatic heterocycles. The number of nitrogens with zero attached hydrogens (tertiary/aromatic N) is 6. The topological polar surface area (TPSA) is 113 Å². The highest BCUT2D eigenvalue weighted by atomic mass is 16.5. The average Bonchev–Trinajstić information content (AvgIpc) is 3.28. The fraction of sp³-hybridized carbons (Fsp3) is 0.667. The van der Waals surface area contributed by atoms with Crippen molar-refractivity contribution in [2.45, 2.75) is 82.4 Å². The Labute approximate surface area is 240 Å². The van der Waals surface area contributed by atoms with Gasteiger partial charge in [-0.1, -0.05) is 25.7 Å². The number of ether oxygens (including phenoxy) is 2. The van der Waals surface area contributed by atoms with Crippen LogP contribution in [0.4, 0.5) is 16.3 Å². The first-order valence-electron chi connectivity index (χ1n) is 15.5. The van der Waals surface area contributed by atoms with Gasteiger partial charge in [-0.15, -0.1) is 0 Å². The summed E-state index contributed by atoms with van der Waals surface area (Å²) >= 11 is 0. The van der Waals surface area contributed by atoms with Crippen LogP contribution in [0.2, 0.25) is 0 Å². The third-order valence-electron chi connectivity index (χ3n) is 9.61. The number of pyridine rings is 1. The van der Waals surface area contributed by atoms with Gasteiger partial charge < -0.3 is 24.6 Å². The van der Waals surface area contributed by atoms with E-state index >= 15 is 0 Å². The second-order valence-corrected chi connectivity index (χ2v) is 12.4. The smallest absolute Gasteiger partial charge is 0.322 e. The number of urea groups is 1. The van der Waals surface area contributed by atoms with E-state index in [1.807, 2.05) is 11.1 Å². The number of likely N-dealkylation sites (tertiary alicyclic amines) is 1. The third-order valence-corrected chi connectivity index (χ3v) is 9.61. The Balaban J connectivity index is 0.000000638. The molecule has 2 amide bonds. The van der Waals surface area contributed by atoms with Crippen molar-refractivity contribution in [3.8, 4) is 11.4 Å². The first kappa shape index (κ1) is 26.7. The second-order valence-electron chi connectivity index (χ2n) is 12.4. The monoisotopic (exact) mass is 562 g/mol. The van der Waals surface area contributed by atoms with E-state index in [0.29, 0.717) is 17.3 Å². The number of hydrogen-bond donors (Lipinski definition) is 2. The van der Waals surface area contributed by atoms with E-state index in [9.17, 15) is 4.79 Å². The summed E-state index contributed by atoms with van der Waals surface area (Å²) in [5.74, 6) is 1.39. The van der Waals surface area contributed by atoms with E-state index in [1.54, 1.807) is 13.3 Å². The molecule has 11 heteroatoms. The minimum absolute atomic E-state index is 0.0417. The highest BCUT2D eigenvalue weighted by Gasteiger charge is 2.51. The molecule has 2 N–H and O–H groups in total. The van der Waals surface area contributed by atoms with E-state index in [4.69, 9.17) is 19.6 Å². The Kier molecular flexibility index (Phi) is 7.32. The maximum Gasteiger partial charge on any atom is 0.322 e. The number of amides is 2. The van der Waals surface area contributed by atoms with Crippen LogP contribution in [0.25, 0.3) is 22.3 Å². The number of anilines is 2. The lowest BCUT2D eigenvalue weighted by atomic mass is 10.0. The molecular formula is C30H42N8O3. The van der Waals surface area contributed by atoms with Gasteiger partial charge in [-0.05, 0) is 44.6 Å². The maximum atomic E-state index is 13.2. The minimum Gasteiger partial charge on any atom is -0.381 e. The molecule has 2 saturated carbocycles. The zero-order valence-corrected chi connectivity index (χ0v) is 24.1. The molecule has 11 nitrogen and oxygen atoms in total. The standard InChI is InChI=1S/C26H34N8O3.C4H8/c1-36-18-14-32(15-18)24-19-11-27-20(10-22(19)34(31-24)13-17-4-9-37-16-17)23-21(12-28-30-23)29-25(35)33-8-3-2-5-26(33)6-7-26;1-2-4-3-1/h10-12,17-18H,2-9,13-16H2,1H3,(H,28,30)(H,29,35);1-4H2. The van der Waals surface area contributed by atoms with Gasteiger partial charge in [0.1, 0.15) is 5.69 Å². The van der Waals surface area contributed by atoms with Gasteiger partial charge in [-0.2, -0.15) is 10.2 Å². The van der Waals surface area contributed by atoms with Crippen molar-refractivity contribution in [3.63, 3.8) is 0 Å². The van der Waals surface area contributed by atoms with E-state index in [1.165, 1.54) is 32.1 Å². The summed E-state index contributed by atoms with van der Waals surface area (Å²) in [4.78, 5) is 22.3. The van der Waals surface area contributed by atoms with Crippen molar-refractivity contribution < 1.29 is 14.3 Å². The van der Waals surface area contributed by atoms with Crippen molar-refractivity contribution in [2.24, 2.45) is 5.92 Å². The minimum atomic E-state index is -0.0417. The highest BCUT2D eigenvalue weighted by Crippen LogP contribution is 2.48. The van der Waals surface area contributed by atoms with Crippen LogP contribution in [0, 0.1) is 5.92 Å². The summed E-state index contributed by atoms with van der Waals surface area (Å²) in [6.07, 6.45) is 16.4. The van der Waals surface area contributed by atoms with Crippen LogP contribution in [-0.4, -0.2) is 87.5 Å². The predicted molar refractivity (Wildman–Crippen MR) is 157 cm³/mol. The molecular weight excluding hydrogens is 520 g/mol. The maximum absolute atomic E-state index is 13.2.